The highest BCUT2D eigenvalue weighted by atomic mass is 16.5. The number of hydrogen-bond acceptors (Lipinski definition) is 2. The van der Waals surface area contributed by atoms with E-state index in [4.69, 9.17) is 4.74 Å². The predicted octanol–water partition coefficient (Wildman–Crippen LogP) is 6.01. The van der Waals surface area contributed by atoms with Crippen LogP contribution in [-0.2, 0) is 9.53 Å². The van der Waals surface area contributed by atoms with E-state index in [1.165, 1.54) is 63.4 Å². The van der Waals surface area contributed by atoms with Crippen molar-refractivity contribution < 1.29 is 9.53 Å². The number of carbonyl (C=O) groups is 1. The summed E-state index contributed by atoms with van der Waals surface area (Å²) in [5, 5.41) is 0. The standard InChI is InChI=1S/C21H32O2/c1-2-3-4-5-6-7-8-9-13-16-20-19(17-21(22)23-20)18-14-11-10-12-15-18/h10-12,14-15,19-20H,2-9,13,16-17H2,1H3. The van der Waals surface area contributed by atoms with E-state index >= 15 is 0 Å². The van der Waals surface area contributed by atoms with Crippen molar-refractivity contribution in [3.8, 4) is 0 Å². The van der Waals surface area contributed by atoms with Crippen molar-refractivity contribution in [1.29, 1.82) is 0 Å². The van der Waals surface area contributed by atoms with Gasteiger partial charge in [0.05, 0.1) is 6.42 Å². The van der Waals surface area contributed by atoms with Gasteiger partial charge >= 0.3 is 5.97 Å². The fraction of sp³-hybridized carbons (Fsp3) is 0.667. The van der Waals surface area contributed by atoms with Gasteiger partial charge in [0.1, 0.15) is 6.10 Å². The Kier molecular flexibility index (Phi) is 8.20. The molecule has 2 rings (SSSR count). The van der Waals surface area contributed by atoms with Crippen LogP contribution in [0.15, 0.2) is 30.3 Å². The molecule has 2 atom stereocenters. The Morgan fingerprint density at radius 1 is 0.913 bits per heavy atom. The van der Waals surface area contributed by atoms with Crippen LogP contribution in [0.3, 0.4) is 0 Å². The first-order chi connectivity index (χ1) is 11.3. The van der Waals surface area contributed by atoms with Gasteiger partial charge in [-0.05, 0) is 18.4 Å². The van der Waals surface area contributed by atoms with Gasteiger partial charge in [-0.3, -0.25) is 4.79 Å². The molecule has 0 saturated carbocycles. The molecular weight excluding hydrogens is 284 g/mol. The summed E-state index contributed by atoms with van der Waals surface area (Å²) in [4.78, 5) is 11.7. The largest absolute Gasteiger partial charge is 0.462 e. The third-order valence-corrected chi connectivity index (χ3v) is 4.94. The lowest BCUT2D eigenvalue weighted by molar-refractivity contribution is -0.141. The second kappa shape index (κ2) is 10.5. The minimum absolute atomic E-state index is 0.0280. The van der Waals surface area contributed by atoms with Crippen molar-refractivity contribution >= 4 is 5.97 Å². The molecule has 1 saturated heterocycles. The number of ether oxygens (including phenoxy) is 1. The Bertz CT molecular complexity index is 440. The number of carbonyl (C=O) groups excluding carboxylic acids is 1. The molecule has 0 radical (unpaired) electrons. The van der Waals surface area contributed by atoms with Crippen LogP contribution in [0.5, 0.6) is 0 Å². The number of unbranched alkanes of at least 4 members (excludes halogenated alkanes) is 8. The van der Waals surface area contributed by atoms with Crippen molar-refractivity contribution in [2.45, 2.75) is 89.6 Å². The highest BCUT2D eigenvalue weighted by Gasteiger charge is 2.35. The van der Waals surface area contributed by atoms with Crippen LogP contribution in [0.25, 0.3) is 0 Å². The van der Waals surface area contributed by atoms with Crippen molar-refractivity contribution in [1.82, 2.24) is 0 Å². The first kappa shape index (κ1) is 18.0. The van der Waals surface area contributed by atoms with E-state index in [1.54, 1.807) is 0 Å². The summed E-state index contributed by atoms with van der Waals surface area (Å²) in [6.07, 6.45) is 13.7. The molecule has 1 heterocycles. The Balaban J connectivity index is 1.62. The SMILES string of the molecule is CCCCCCCCCCCC1OC(=O)CC1c1ccccc1. The van der Waals surface area contributed by atoms with Gasteiger partial charge in [0, 0.05) is 5.92 Å². The van der Waals surface area contributed by atoms with Gasteiger partial charge in [0.2, 0.25) is 0 Å². The number of rotatable bonds is 11. The Hall–Kier alpha value is -1.31. The van der Waals surface area contributed by atoms with Crippen LogP contribution in [0.2, 0.25) is 0 Å². The van der Waals surface area contributed by atoms with Crippen LogP contribution in [0.4, 0.5) is 0 Å². The molecule has 2 nitrogen and oxygen atoms in total. The third kappa shape index (κ3) is 6.37. The lowest BCUT2D eigenvalue weighted by Gasteiger charge is -2.17. The van der Waals surface area contributed by atoms with E-state index in [-0.39, 0.29) is 18.0 Å². The number of benzene rings is 1. The van der Waals surface area contributed by atoms with E-state index in [2.05, 4.69) is 19.1 Å². The summed E-state index contributed by atoms with van der Waals surface area (Å²) in [5.74, 6) is 0.234. The molecular formula is C21H32O2. The van der Waals surface area contributed by atoms with E-state index in [0.29, 0.717) is 6.42 Å². The second-order valence-corrected chi connectivity index (χ2v) is 6.87. The van der Waals surface area contributed by atoms with Gasteiger partial charge in [-0.15, -0.1) is 0 Å². The molecule has 0 N–H and O–H groups in total. The molecule has 0 amide bonds. The van der Waals surface area contributed by atoms with Crippen molar-refractivity contribution in [2.24, 2.45) is 0 Å². The van der Waals surface area contributed by atoms with Gasteiger partial charge in [-0.25, -0.2) is 0 Å². The van der Waals surface area contributed by atoms with Crippen LogP contribution in [0.1, 0.15) is 89.0 Å². The fourth-order valence-electron chi connectivity index (χ4n) is 3.56. The van der Waals surface area contributed by atoms with Gasteiger partial charge in [0.15, 0.2) is 0 Å². The summed E-state index contributed by atoms with van der Waals surface area (Å²) >= 11 is 0. The number of esters is 1. The molecule has 2 unspecified atom stereocenters. The molecule has 1 aromatic carbocycles. The van der Waals surface area contributed by atoms with Crippen LogP contribution in [0, 0.1) is 0 Å². The molecule has 0 bridgehead atoms. The molecule has 1 aromatic rings. The molecule has 1 fully saturated rings. The average molecular weight is 316 g/mol. The molecule has 0 aliphatic carbocycles. The smallest absolute Gasteiger partial charge is 0.306 e. The highest BCUT2D eigenvalue weighted by molar-refractivity contribution is 5.73. The minimum Gasteiger partial charge on any atom is -0.462 e. The number of cyclic esters (lactones) is 1. The maximum atomic E-state index is 11.7. The summed E-state index contributed by atoms with van der Waals surface area (Å²) in [6.45, 7) is 2.26. The molecule has 2 heteroatoms. The van der Waals surface area contributed by atoms with Gasteiger partial charge in [0.25, 0.3) is 0 Å². The quantitative estimate of drug-likeness (QED) is 0.369. The highest BCUT2D eigenvalue weighted by Crippen LogP contribution is 2.34. The van der Waals surface area contributed by atoms with Crippen LogP contribution >= 0.6 is 0 Å². The Morgan fingerprint density at radius 3 is 2.17 bits per heavy atom. The van der Waals surface area contributed by atoms with E-state index in [1.807, 2.05) is 18.2 Å². The lowest BCUT2D eigenvalue weighted by Crippen LogP contribution is -2.14. The Labute approximate surface area is 141 Å². The predicted molar refractivity (Wildman–Crippen MR) is 95.5 cm³/mol. The van der Waals surface area contributed by atoms with Crippen LogP contribution < -0.4 is 0 Å². The lowest BCUT2D eigenvalue weighted by atomic mass is 9.89. The molecule has 1 aliphatic heterocycles. The molecule has 1 aliphatic rings. The monoisotopic (exact) mass is 316 g/mol. The van der Waals surface area contributed by atoms with Gasteiger partial charge in [-0.2, -0.15) is 0 Å². The van der Waals surface area contributed by atoms with Crippen molar-refractivity contribution in [3.05, 3.63) is 35.9 Å². The molecule has 0 aromatic heterocycles. The zero-order valence-electron chi connectivity index (χ0n) is 14.6. The molecule has 0 spiro atoms. The van der Waals surface area contributed by atoms with E-state index < -0.39 is 0 Å². The van der Waals surface area contributed by atoms with Gasteiger partial charge < -0.3 is 4.74 Å². The first-order valence-corrected chi connectivity index (χ1v) is 9.55. The second-order valence-electron chi connectivity index (χ2n) is 6.87. The van der Waals surface area contributed by atoms with E-state index in [0.717, 1.165) is 6.42 Å². The number of hydrogen-bond donors (Lipinski definition) is 0. The first-order valence-electron chi connectivity index (χ1n) is 9.55. The van der Waals surface area contributed by atoms with E-state index in [9.17, 15) is 4.79 Å². The topological polar surface area (TPSA) is 26.3 Å². The van der Waals surface area contributed by atoms with Gasteiger partial charge in [-0.1, -0.05) is 88.6 Å². The Morgan fingerprint density at radius 2 is 1.52 bits per heavy atom. The normalized spacial score (nSPS) is 20.7. The molecule has 128 valence electrons. The average Bonchev–Trinajstić information content (AvgIpc) is 2.95. The maximum absolute atomic E-state index is 11.7. The summed E-state index contributed by atoms with van der Waals surface area (Å²) in [7, 11) is 0. The zero-order valence-corrected chi connectivity index (χ0v) is 14.6. The van der Waals surface area contributed by atoms with Crippen molar-refractivity contribution in [2.75, 3.05) is 0 Å². The maximum Gasteiger partial charge on any atom is 0.306 e. The minimum atomic E-state index is -0.0280. The van der Waals surface area contributed by atoms with Crippen LogP contribution in [-0.4, -0.2) is 12.1 Å². The van der Waals surface area contributed by atoms with Crippen molar-refractivity contribution in [3.63, 3.8) is 0 Å². The summed E-state index contributed by atoms with van der Waals surface area (Å²) in [6, 6.07) is 10.4. The summed E-state index contributed by atoms with van der Waals surface area (Å²) < 4.78 is 5.56. The third-order valence-electron chi connectivity index (χ3n) is 4.94. The molecule has 23 heavy (non-hydrogen) atoms. The summed E-state index contributed by atoms with van der Waals surface area (Å²) in [5.41, 5.74) is 1.25. The fourth-order valence-corrected chi connectivity index (χ4v) is 3.56. The zero-order chi connectivity index (χ0) is 16.3.